The molecule has 0 amide bonds. The average molecular weight is 403 g/mol. The molecule has 154 valence electrons. The van der Waals surface area contributed by atoms with Crippen LogP contribution >= 0.6 is 0 Å². The van der Waals surface area contributed by atoms with Gasteiger partial charge in [0.15, 0.2) is 0 Å². The van der Waals surface area contributed by atoms with Crippen LogP contribution in [0, 0.1) is 6.92 Å². The Morgan fingerprint density at radius 2 is 1.77 bits per heavy atom. The van der Waals surface area contributed by atoms with Crippen LogP contribution in [0.3, 0.4) is 0 Å². The van der Waals surface area contributed by atoms with E-state index in [0.29, 0.717) is 24.9 Å². The van der Waals surface area contributed by atoms with Crippen LogP contribution in [-0.4, -0.2) is 20.9 Å². The number of ether oxygens (including phenoxy) is 2. The van der Waals surface area contributed by atoms with Gasteiger partial charge in [-0.05, 0) is 50.6 Å². The fourth-order valence-electron chi connectivity index (χ4n) is 3.03. The SMILES string of the molecule is Cc1oc(-c2ccccc2)nc1COc1ccc(Cn2ccc(OC(C)C)n2)cc1. The summed E-state index contributed by atoms with van der Waals surface area (Å²) in [7, 11) is 0. The van der Waals surface area contributed by atoms with Gasteiger partial charge >= 0.3 is 0 Å². The van der Waals surface area contributed by atoms with Gasteiger partial charge in [-0.2, -0.15) is 0 Å². The lowest BCUT2D eigenvalue weighted by molar-refractivity contribution is 0.230. The molecule has 6 nitrogen and oxygen atoms in total. The fourth-order valence-corrected chi connectivity index (χ4v) is 3.03. The molecule has 0 fully saturated rings. The van der Waals surface area contributed by atoms with Gasteiger partial charge in [-0.25, -0.2) is 4.98 Å². The van der Waals surface area contributed by atoms with Crippen LogP contribution in [0.1, 0.15) is 30.9 Å². The summed E-state index contributed by atoms with van der Waals surface area (Å²) in [6.45, 7) is 6.91. The van der Waals surface area contributed by atoms with Crippen LogP contribution < -0.4 is 9.47 Å². The van der Waals surface area contributed by atoms with Gasteiger partial charge in [0.05, 0.1) is 12.6 Å². The summed E-state index contributed by atoms with van der Waals surface area (Å²) in [6.07, 6.45) is 2.03. The lowest BCUT2D eigenvalue weighted by Crippen LogP contribution is -2.07. The maximum atomic E-state index is 5.91. The van der Waals surface area contributed by atoms with Gasteiger partial charge < -0.3 is 13.9 Å². The fraction of sp³-hybridized carbons (Fsp3) is 0.250. The molecule has 0 N–H and O–H groups in total. The Morgan fingerprint density at radius 3 is 2.50 bits per heavy atom. The van der Waals surface area contributed by atoms with E-state index in [-0.39, 0.29) is 6.10 Å². The zero-order chi connectivity index (χ0) is 20.9. The highest BCUT2D eigenvalue weighted by molar-refractivity contribution is 5.53. The molecule has 4 aromatic rings. The first-order valence-electron chi connectivity index (χ1n) is 10.0. The van der Waals surface area contributed by atoms with Crippen molar-refractivity contribution in [3.63, 3.8) is 0 Å². The summed E-state index contributed by atoms with van der Waals surface area (Å²) in [6, 6.07) is 19.7. The molecule has 6 heteroatoms. The van der Waals surface area contributed by atoms with Gasteiger partial charge in [-0.15, -0.1) is 5.10 Å². The van der Waals surface area contributed by atoms with E-state index in [1.165, 1.54) is 0 Å². The summed E-state index contributed by atoms with van der Waals surface area (Å²) in [5, 5.41) is 4.43. The zero-order valence-electron chi connectivity index (χ0n) is 17.4. The third kappa shape index (κ3) is 4.89. The lowest BCUT2D eigenvalue weighted by atomic mass is 10.2. The van der Waals surface area contributed by atoms with Crippen molar-refractivity contribution in [1.29, 1.82) is 0 Å². The second kappa shape index (κ2) is 8.86. The molecule has 0 bridgehead atoms. The third-order valence-electron chi connectivity index (χ3n) is 4.53. The molecule has 0 atom stereocenters. The normalized spacial score (nSPS) is 11.1. The molecule has 30 heavy (non-hydrogen) atoms. The van der Waals surface area contributed by atoms with Crippen LogP contribution in [-0.2, 0) is 13.2 Å². The maximum Gasteiger partial charge on any atom is 0.232 e. The molecule has 0 unspecified atom stereocenters. The molecule has 0 saturated heterocycles. The molecule has 0 radical (unpaired) electrons. The quantitative estimate of drug-likeness (QED) is 0.401. The van der Waals surface area contributed by atoms with E-state index in [1.807, 2.05) is 92.3 Å². The van der Waals surface area contributed by atoms with E-state index in [1.54, 1.807) is 0 Å². The number of hydrogen-bond acceptors (Lipinski definition) is 5. The smallest absolute Gasteiger partial charge is 0.232 e. The second-order valence-electron chi connectivity index (χ2n) is 7.34. The first-order valence-corrected chi connectivity index (χ1v) is 10.0. The van der Waals surface area contributed by atoms with Crippen molar-refractivity contribution in [1.82, 2.24) is 14.8 Å². The largest absolute Gasteiger partial charge is 0.487 e. The standard InChI is InChI=1S/C24H25N3O3/c1-17(2)29-23-13-14-27(26-23)15-19-9-11-21(12-10-19)28-16-22-18(3)30-24(25-22)20-7-5-4-6-8-20/h4-14,17H,15-16H2,1-3H3. The van der Waals surface area contributed by atoms with E-state index < -0.39 is 0 Å². The van der Waals surface area contributed by atoms with Crippen molar-refractivity contribution in [3.05, 3.63) is 83.9 Å². The summed E-state index contributed by atoms with van der Waals surface area (Å²) in [5.74, 6) is 2.81. The number of aryl methyl sites for hydroxylation is 1. The molecule has 2 aromatic heterocycles. The number of benzene rings is 2. The Balaban J connectivity index is 1.35. The van der Waals surface area contributed by atoms with Crippen LogP contribution in [0.5, 0.6) is 11.6 Å². The van der Waals surface area contributed by atoms with E-state index in [9.17, 15) is 0 Å². The second-order valence-corrected chi connectivity index (χ2v) is 7.34. The van der Waals surface area contributed by atoms with E-state index in [0.717, 1.165) is 28.3 Å². The Hall–Kier alpha value is -3.54. The van der Waals surface area contributed by atoms with E-state index in [2.05, 4.69) is 10.1 Å². The highest BCUT2D eigenvalue weighted by atomic mass is 16.5. The minimum absolute atomic E-state index is 0.113. The highest BCUT2D eigenvalue weighted by Crippen LogP contribution is 2.23. The zero-order valence-corrected chi connectivity index (χ0v) is 17.4. The predicted octanol–water partition coefficient (Wildman–Crippen LogP) is 5.26. The molecular weight excluding hydrogens is 378 g/mol. The topological polar surface area (TPSA) is 62.3 Å². The maximum absolute atomic E-state index is 5.91. The van der Waals surface area contributed by atoms with Crippen LogP contribution in [0.2, 0.25) is 0 Å². The molecule has 2 heterocycles. The number of oxazole rings is 1. The Bertz CT molecular complexity index is 1080. The van der Waals surface area contributed by atoms with Crippen molar-refractivity contribution in [2.45, 2.75) is 40.0 Å². The first kappa shape index (κ1) is 19.8. The molecular formula is C24H25N3O3. The Kier molecular flexibility index (Phi) is 5.84. The minimum atomic E-state index is 0.113. The number of hydrogen-bond donors (Lipinski definition) is 0. The van der Waals surface area contributed by atoms with Crippen molar-refractivity contribution in [2.75, 3.05) is 0 Å². The van der Waals surface area contributed by atoms with Gasteiger partial charge in [-0.3, -0.25) is 4.68 Å². The molecule has 0 saturated carbocycles. The molecule has 4 rings (SSSR count). The van der Waals surface area contributed by atoms with E-state index >= 15 is 0 Å². The Morgan fingerprint density at radius 1 is 1.00 bits per heavy atom. The molecule has 0 aliphatic carbocycles. The first-order chi connectivity index (χ1) is 14.6. The molecule has 0 spiro atoms. The molecule has 0 aliphatic heterocycles. The van der Waals surface area contributed by atoms with Crippen LogP contribution in [0.25, 0.3) is 11.5 Å². The van der Waals surface area contributed by atoms with Gasteiger partial charge in [0.2, 0.25) is 11.8 Å². The van der Waals surface area contributed by atoms with Crippen molar-refractivity contribution >= 4 is 0 Å². The number of nitrogens with zero attached hydrogens (tertiary/aromatic N) is 3. The van der Waals surface area contributed by atoms with Gasteiger partial charge in [0, 0.05) is 17.8 Å². The van der Waals surface area contributed by atoms with Crippen molar-refractivity contribution in [3.8, 4) is 23.1 Å². The minimum Gasteiger partial charge on any atom is -0.487 e. The summed E-state index contributed by atoms with van der Waals surface area (Å²) < 4.78 is 19.2. The number of rotatable bonds is 8. The molecule has 0 aliphatic rings. The van der Waals surface area contributed by atoms with Crippen LogP contribution in [0.15, 0.2) is 71.3 Å². The van der Waals surface area contributed by atoms with Crippen LogP contribution in [0.4, 0.5) is 0 Å². The third-order valence-corrected chi connectivity index (χ3v) is 4.53. The summed E-state index contributed by atoms with van der Waals surface area (Å²) in [5.41, 5.74) is 2.88. The van der Waals surface area contributed by atoms with Crippen molar-refractivity contribution < 1.29 is 13.9 Å². The Labute approximate surface area is 176 Å². The van der Waals surface area contributed by atoms with Gasteiger partial charge in [0.25, 0.3) is 0 Å². The lowest BCUT2D eigenvalue weighted by Gasteiger charge is -2.07. The van der Waals surface area contributed by atoms with Gasteiger partial charge in [0.1, 0.15) is 23.8 Å². The molecule has 2 aromatic carbocycles. The average Bonchev–Trinajstić information content (AvgIpc) is 3.34. The number of aromatic nitrogens is 3. The highest BCUT2D eigenvalue weighted by Gasteiger charge is 2.12. The summed E-state index contributed by atoms with van der Waals surface area (Å²) >= 11 is 0. The van der Waals surface area contributed by atoms with Gasteiger partial charge in [-0.1, -0.05) is 30.3 Å². The summed E-state index contributed by atoms with van der Waals surface area (Å²) in [4.78, 5) is 4.58. The van der Waals surface area contributed by atoms with Crippen molar-refractivity contribution in [2.24, 2.45) is 0 Å². The predicted molar refractivity (Wildman–Crippen MR) is 115 cm³/mol. The monoisotopic (exact) mass is 403 g/mol. The van der Waals surface area contributed by atoms with E-state index in [4.69, 9.17) is 13.9 Å².